The zero-order valence-electron chi connectivity index (χ0n) is 11.9. The van der Waals surface area contributed by atoms with Gasteiger partial charge in [-0.2, -0.15) is 0 Å². The number of carbonyl (C=O) groups is 2. The molecule has 2 rings (SSSR count). The predicted octanol–water partition coefficient (Wildman–Crippen LogP) is 2.51. The maximum atomic E-state index is 12.0. The average Bonchev–Trinajstić information content (AvgIpc) is 2.69. The van der Waals surface area contributed by atoms with Crippen molar-refractivity contribution < 1.29 is 14.3 Å². The third kappa shape index (κ3) is 3.16. The minimum atomic E-state index is -0.486. The van der Waals surface area contributed by atoms with Crippen LogP contribution in [-0.4, -0.2) is 33.9 Å². The molecule has 0 saturated carbocycles. The molecule has 2 heterocycles. The third-order valence-electron chi connectivity index (χ3n) is 3.02. The zero-order chi connectivity index (χ0) is 14.2. The van der Waals surface area contributed by atoms with E-state index < -0.39 is 5.60 Å². The van der Waals surface area contributed by atoms with Crippen LogP contribution >= 0.6 is 0 Å². The normalized spacial score (nSPS) is 15.1. The molecule has 1 aliphatic rings. The number of fused-ring (bicyclic) bond motifs is 1. The molecule has 0 aliphatic carbocycles. The molecule has 0 bridgehead atoms. The van der Waals surface area contributed by atoms with Gasteiger partial charge in [-0.25, -0.2) is 4.79 Å². The molecule has 0 aromatic carbocycles. The zero-order valence-corrected chi connectivity index (χ0v) is 11.9. The highest BCUT2D eigenvalue weighted by molar-refractivity contribution is 5.92. The number of hydrogen-bond acceptors (Lipinski definition) is 3. The molecule has 5 heteroatoms. The van der Waals surface area contributed by atoms with E-state index in [0.29, 0.717) is 18.8 Å². The second-order valence-corrected chi connectivity index (χ2v) is 5.89. The highest BCUT2D eigenvalue weighted by Crippen LogP contribution is 2.22. The SMILES string of the molecule is CC(=O)c1cc2c([nH]1)CCN(C(=O)OC(C)(C)C)C2. The van der Waals surface area contributed by atoms with E-state index in [-0.39, 0.29) is 11.9 Å². The summed E-state index contributed by atoms with van der Waals surface area (Å²) in [5, 5.41) is 0. The van der Waals surface area contributed by atoms with Crippen molar-refractivity contribution in [2.24, 2.45) is 0 Å². The van der Waals surface area contributed by atoms with Crippen LogP contribution in [0, 0.1) is 0 Å². The van der Waals surface area contributed by atoms with Crippen LogP contribution in [0.15, 0.2) is 6.07 Å². The van der Waals surface area contributed by atoms with Crippen LogP contribution in [0.25, 0.3) is 0 Å². The number of hydrogen-bond donors (Lipinski definition) is 1. The smallest absolute Gasteiger partial charge is 0.410 e. The van der Waals surface area contributed by atoms with Crippen molar-refractivity contribution in [3.8, 4) is 0 Å². The fourth-order valence-corrected chi connectivity index (χ4v) is 2.11. The fraction of sp³-hybridized carbons (Fsp3) is 0.571. The summed E-state index contributed by atoms with van der Waals surface area (Å²) in [6, 6.07) is 1.83. The van der Waals surface area contributed by atoms with E-state index in [2.05, 4.69) is 4.98 Å². The first-order valence-corrected chi connectivity index (χ1v) is 6.46. The van der Waals surface area contributed by atoms with E-state index in [0.717, 1.165) is 17.7 Å². The van der Waals surface area contributed by atoms with Crippen molar-refractivity contribution >= 4 is 11.9 Å². The van der Waals surface area contributed by atoms with Crippen LogP contribution in [0.3, 0.4) is 0 Å². The van der Waals surface area contributed by atoms with Crippen molar-refractivity contribution in [3.05, 3.63) is 23.0 Å². The lowest BCUT2D eigenvalue weighted by Crippen LogP contribution is -2.39. The Kier molecular flexibility index (Phi) is 3.39. The van der Waals surface area contributed by atoms with Gasteiger partial charge in [-0.1, -0.05) is 0 Å². The number of carbonyl (C=O) groups excluding carboxylic acids is 2. The second kappa shape index (κ2) is 4.72. The molecule has 5 nitrogen and oxygen atoms in total. The minimum Gasteiger partial charge on any atom is -0.444 e. The maximum Gasteiger partial charge on any atom is 0.410 e. The molecule has 0 saturated heterocycles. The molecule has 0 radical (unpaired) electrons. The molecule has 1 aromatic heterocycles. The number of Topliss-reactive ketones (excluding diaryl/α,β-unsaturated/α-hetero) is 1. The van der Waals surface area contributed by atoms with E-state index in [4.69, 9.17) is 4.74 Å². The molecule has 1 amide bonds. The first-order chi connectivity index (χ1) is 8.76. The number of ether oxygens (including phenoxy) is 1. The first kappa shape index (κ1) is 13.6. The summed E-state index contributed by atoms with van der Waals surface area (Å²) in [4.78, 5) is 28.1. The Balaban J connectivity index is 2.09. The number of nitrogens with one attached hydrogen (secondary N) is 1. The van der Waals surface area contributed by atoms with E-state index in [1.807, 2.05) is 26.8 Å². The molecule has 0 spiro atoms. The van der Waals surface area contributed by atoms with Gasteiger partial charge in [0.05, 0.1) is 12.2 Å². The molecule has 104 valence electrons. The average molecular weight is 264 g/mol. The third-order valence-corrected chi connectivity index (χ3v) is 3.02. The maximum absolute atomic E-state index is 12.0. The number of H-pyrrole nitrogens is 1. The van der Waals surface area contributed by atoms with Crippen LogP contribution in [0.1, 0.15) is 49.4 Å². The highest BCUT2D eigenvalue weighted by Gasteiger charge is 2.27. The first-order valence-electron chi connectivity index (χ1n) is 6.46. The van der Waals surface area contributed by atoms with Gasteiger partial charge in [0.25, 0.3) is 0 Å². The van der Waals surface area contributed by atoms with E-state index in [9.17, 15) is 9.59 Å². The van der Waals surface area contributed by atoms with Crippen LogP contribution in [0.4, 0.5) is 4.79 Å². The summed E-state index contributed by atoms with van der Waals surface area (Å²) in [6.45, 7) is 8.19. The molecule has 0 unspecified atom stereocenters. The Bertz CT molecular complexity index is 511. The van der Waals surface area contributed by atoms with Crippen molar-refractivity contribution in [1.82, 2.24) is 9.88 Å². The largest absolute Gasteiger partial charge is 0.444 e. The van der Waals surface area contributed by atoms with Crippen LogP contribution < -0.4 is 0 Å². The summed E-state index contributed by atoms with van der Waals surface area (Å²) in [5.41, 5.74) is 2.17. The van der Waals surface area contributed by atoms with Crippen LogP contribution in [-0.2, 0) is 17.7 Å². The number of nitrogens with zero attached hydrogens (tertiary/aromatic N) is 1. The number of amides is 1. The second-order valence-electron chi connectivity index (χ2n) is 5.89. The lowest BCUT2D eigenvalue weighted by atomic mass is 10.1. The van der Waals surface area contributed by atoms with Gasteiger partial charge in [0.15, 0.2) is 5.78 Å². The summed E-state index contributed by atoms with van der Waals surface area (Å²) < 4.78 is 5.36. The Morgan fingerprint density at radius 2 is 2.05 bits per heavy atom. The van der Waals surface area contributed by atoms with Crippen molar-refractivity contribution in [2.45, 2.75) is 46.3 Å². The van der Waals surface area contributed by atoms with E-state index in [1.165, 1.54) is 6.92 Å². The monoisotopic (exact) mass is 264 g/mol. The van der Waals surface area contributed by atoms with Gasteiger partial charge in [0.2, 0.25) is 0 Å². The van der Waals surface area contributed by atoms with Gasteiger partial charge in [0, 0.05) is 25.6 Å². The van der Waals surface area contributed by atoms with Crippen LogP contribution in [0.2, 0.25) is 0 Å². The molecule has 1 aromatic rings. The predicted molar refractivity (Wildman–Crippen MR) is 71.1 cm³/mol. The Labute approximate surface area is 112 Å². The summed E-state index contributed by atoms with van der Waals surface area (Å²) in [7, 11) is 0. The molecular weight excluding hydrogens is 244 g/mol. The summed E-state index contributed by atoms with van der Waals surface area (Å²) in [6.07, 6.45) is 0.422. The molecule has 1 aliphatic heterocycles. The van der Waals surface area contributed by atoms with Gasteiger partial charge in [-0.05, 0) is 32.4 Å². The fourth-order valence-electron chi connectivity index (χ4n) is 2.11. The van der Waals surface area contributed by atoms with Crippen LogP contribution in [0.5, 0.6) is 0 Å². The number of aromatic nitrogens is 1. The summed E-state index contributed by atoms with van der Waals surface area (Å²) >= 11 is 0. The number of rotatable bonds is 1. The van der Waals surface area contributed by atoms with Crippen molar-refractivity contribution in [2.75, 3.05) is 6.54 Å². The molecule has 0 fully saturated rings. The Hall–Kier alpha value is -1.78. The topological polar surface area (TPSA) is 62.4 Å². The van der Waals surface area contributed by atoms with Crippen molar-refractivity contribution in [3.63, 3.8) is 0 Å². The molecule has 19 heavy (non-hydrogen) atoms. The Morgan fingerprint density at radius 1 is 1.37 bits per heavy atom. The number of ketones is 1. The molecule has 0 atom stereocenters. The summed E-state index contributed by atoms with van der Waals surface area (Å²) in [5.74, 6) is 0.0122. The molecular formula is C14H20N2O3. The minimum absolute atomic E-state index is 0.0122. The lowest BCUT2D eigenvalue weighted by Gasteiger charge is -2.29. The molecule has 1 N–H and O–H groups in total. The standard InChI is InChI=1S/C14H20N2O3/c1-9(17)12-7-10-8-16(6-5-11(10)15-12)13(18)19-14(2,3)4/h7,15H,5-6,8H2,1-4H3. The lowest BCUT2D eigenvalue weighted by molar-refractivity contribution is 0.0223. The van der Waals surface area contributed by atoms with Gasteiger partial charge in [0.1, 0.15) is 5.60 Å². The highest BCUT2D eigenvalue weighted by atomic mass is 16.6. The Morgan fingerprint density at radius 3 is 2.63 bits per heavy atom. The number of aromatic amines is 1. The van der Waals surface area contributed by atoms with Gasteiger partial charge >= 0.3 is 6.09 Å². The van der Waals surface area contributed by atoms with E-state index >= 15 is 0 Å². The van der Waals surface area contributed by atoms with E-state index in [1.54, 1.807) is 4.90 Å². The van der Waals surface area contributed by atoms with Gasteiger partial charge in [-0.15, -0.1) is 0 Å². The van der Waals surface area contributed by atoms with Gasteiger partial charge in [-0.3, -0.25) is 4.79 Å². The van der Waals surface area contributed by atoms with Crippen molar-refractivity contribution in [1.29, 1.82) is 0 Å². The van der Waals surface area contributed by atoms with Gasteiger partial charge < -0.3 is 14.6 Å². The quantitative estimate of drug-likeness (QED) is 0.793.